The van der Waals surface area contributed by atoms with E-state index in [1.807, 2.05) is 0 Å². The molecule has 0 rings (SSSR count). The topological polar surface area (TPSA) is 9.23 Å². The van der Waals surface area contributed by atoms with Crippen molar-refractivity contribution in [2.75, 3.05) is 6.61 Å². The average Bonchev–Trinajstić information content (AvgIpc) is 1.61. The van der Waals surface area contributed by atoms with Crippen molar-refractivity contribution in [1.29, 1.82) is 0 Å². The summed E-state index contributed by atoms with van der Waals surface area (Å²) in [6, 6.07) is 0. The van der Waals surface area contributed by atoms with Gasteiger partial charge in [0, 0.05) is 6.61 Å². The second kappa shape index (κ2) is 5.49. The number of unbranched alkanes of at least 4 members (excludes halogenated alkanes) is 1. The fourth-order valence-corrected chi connectivity index (χ4v) is 0.577. The summed E-state index contributed by atoms with van der Waals surface area (Å²) < 4.78 is 4.92. The Bertz CT molecular complexity index is 19.5. The molecule has 0 unspecified atom stereocenters. The van der Waals surface area contributed by atoms with Crippen LogP contribution in [-0.2, 0) is 3.79 Å². The Hall–Kier alpha value is 0.492. The summed E-state index contributed by atoms with van der Waals surface area (Å²) in [5.41, 5.74) is 0. The molecular formula is C4H11AlO. The fourth-order valence-electron chi connectivity index (χ4n) is 0.289. The van der Waals surface area contributed by atoms with E-state index in [9.17, 15) is 0 Å². The molecule has 0 fully saturated rings. The molecule has 0 heterocycles. The third kappa shape index (κ3) is 4.49. The zero-order chi connectivity index (χ0) is 4.83. The molecule has 0 aliphatic rings. The Kier molecular flexibility index (Phi) is 5.94. The van der Waals surface area contributed by atoms with Crippen molar-refractivity contribution < 1.29 is 3.79 Å². The van der Waals surface area contributed by atoms with Crippen molar-refractivity contribution in [2.24, 2.45) is 0 Å². The number of hydrogen-bond acceptors (Lipinski definition) is 1. The summed E-state index contributed by atoms with van der Waals surface area (Å²) in [6.07, 6.45) is 2.48. The van der Waals surface area contributed by atoms with E-state index >= 15 is 0 Å². The highest BCUT2D eigenvalue weighted by Gasteiger charge is 1.74. The Balaban J connectivity index is 2.34. The molecule has 0 aromatic rings. The molecule has 36 valence electrons. The first-order chi connectivity index (χ1) is 2.91. The first kappa shape index (κ1) is 6.49. The maximum absolute atomic E-state index is 4.92. The molecule has 0 aromatic heterocycles. The van der Waals surface area contributed by atoms with Crippen molar-refractivity contribution >= 4 is 16.6 Å². The second-order valence-electron chi connectivity index (χ2n) is 1.35. The van der Waals surface area contributed by atoms with Gasteiger partial charge in [-0.1, -0.05) is 13.3 Å². The van der Waals surface area contributed by atoms with Crippen LogP contribution in [0.1, 0.15) is 19.8 Å². The van der Waals surface area contributed by atoms with Crippen molar-refractivity contribution in [3.8, 4) is 0 Å². The van der Waals surface area contributed by atoms with E-state index in [0.717, 1.165) is 23.2 Å². The van der Waals surface area contributed by atoms with Gasteiger partial charge in [0.25, 0.3) is 0 Å². The normalized spacial score (nSPS) is 8.83. The van der Waals surface area contributed by atoms with Gasteiger partial charge in [-0.05, 0) is 6.42 Å². The van der Waals surface area contributed by atoms with Gasteiger partial charge >= 0.3 is 16.6 Å². The molecule has 0 radical (unpaired) electrons. The summed E-state index contributed by atoms with van der Waals surface area (Å²) in [6.45, 7) is 3.14. The summed E-state index contributed by atoms with van der Waals surface area (Å²) in [7, 11) is 0. The third-order valence-corrected chi connectivity index (χ3v) is 1.11. The van der Waals surface area contributed by atoms with Crippen molar-refractivity contribution in [1.82, 2.24) is 0 Å². The minimum Gasteiger partial charge on any atom is -0.506 e. The maximum atomic E-state index is 4.92. The average molecular weight is 102 g/mol. The molecule has 0 bridgehead atoms. The Morgan fingerprint density at radius 1 is 1.67 bits per heavy atom. The highest BCUT2D eigenvalue weighted by molar-refractivity contribution is 5.97. The predicted molar refractivity (Wildman–Crippen MR) is 29.4 cm³/mol. The molecule has 0 aromatic carbocycles. The predicted octanol–water partition coefficient (Wildman–Crippen LogP) is 0.351. The molecule has 0 spiro atoms. The third-order valence-electron chi connectivity index (χ3n) is 0.702. The van der Waals surface area contributed by atoms with Gasteiger partial charge in [0.1, 0.15) is 0 Å². The van der Waals surface area contributed by atoms with Crippen LogP contribution in [0.15, 0.2) is 0 Å². The summed E-state index contributed by atoms with van der Waals surface area (Å²) >= 11 is 0.903. The largest absolute Gasteiger partial charge is 0.506 e. The van der Waals surface area contributed by atoms with Gasteiger partial charge in [0.15, 0.2) is 0 Å². The summed E-state index contributed by atoms with van der Waals surface area (Å²) in [5, 5.41) is 0. The smallest absolute Gasteiger partial charge is 0.410 e. The highest BCUT2D eigenvalue weighted by atomic mass is 27.1. The van der Waals surface area contributed by atoms with Crippen molar-refractivity contribution in [3.05, 3.63) is 0 Å². The lowest BCUT2D eigenvalue weighted by Crippen LogP contribution is -1.85. The van der Waals surface area contributed by atoms with E-state index in [1.165, 1.54) is 12.8 Å². The van der Waals surface area contributed by atoms with Crippen LogP contribution in [0.4, 0.5) is 0 Å². The van der Waals surface area contributed by atoms with Crippen LogP contribution in [-0.4, -0.2) is 23.2 Å². The zero-order valence-corrected chi connectivity index (χ0v) is 6.53. The number of hydrogen-bond donors (Lipinski definition) is 0. The molecule has 6 heavy (non-hydrogen) atoms. The van der Waals surface area contributed by atoms with Crippen LogP contribution in [0.2, 0.25) is 0 Å². The molecule has 0 saturated carbocycles. The molecule has 0 saturated heterocycles. The van der Waals surface area contributed by atoms with Crippen molar-refractivity contribution in [3.63, 3.8) is 0 Å². The van der Waals surface area contributed by atoms with Gasteiger partial charge < -0.3 is 3.79 Å². The van der Waals surface area contributed by atoms with Gasteiger partial charge in [0.05, 0.1) is 0 Å². The van der Waals surface area contributed by atoms with E-state index in [4.69, 9.17) is 3.79 Å². The molecule has 0 atom stereocenters. The van der Waals surface area contributed by atoms with E-state index in [1.54, 1.807) is 0 Å². The van der Waals surface area contributed by atoms with Crippen LogP contribution in [0.3, 0.4) is 0 Å². The van der Waals surface area contributed by atoms with Crippen LogP contribution in [0.5, 0.6) is 0 Å². The Labute approximate surface area is 47.4 Å². The number of rotatable bonds is 3. The summed E-state index contributed by atoms with van der Waals surface area (Å²) in [4.78, 5) is 0. The van der Waals surface area contributed by atoms with Gasteiger partial charge in [-0.3, -0.25) is 0 Å². The molecule has 2 heteroatoms. The molecule has 0 aliphatic heterocycles. The van der Waals surface area contributed by atoms with E-state index in [2.05, 4.69) is 6.92 Å². The lowest BCUT2D eigenvalue weighted by Gasteiger charge is -1.91. The maximum Gasteiger partial charge on any atom is 0.410 e. The minimum atomic E-state index is 0.903. The standard InChI is InChI=1S/C4H9O.Al.2H/c1-2-3-4-5;;;/h2-4H2,1H3;;;/q-1;+1;;. The first-order valence-electron chi connectivity index (χ1n) is 2.40. The van der Waals surface area contributed by atoms with Gasteiger partial charge in [-0.25, -0.2) is 0 Å². The first-order valence-corrected chi connectivity index (χ1v) is 3.22. The second-order valence-corrected chi connectivity index (χ2v) is 1.92. The molecule has 1 nitrogen and oxygen atoms in total. The molecule has 0 aliphatic carbocycles. The van der Waals surface area contributed by atoms with Crippen LogP contribution < -0.4 is 0 Å². The summed E-state index contributed by atoms with van der Waals surface area (Å²) in [5.74, 6) is 0. The quantitative estimate of drug-likeness (QED) is 0.369. The van der Waals surface area contributed by atoms with E-state index in [0.29, 0.717) is 0 Å². The van der Waals surface area contributed by atoms with E-state index in [-0.39, 0.29) is 0 Å². The minimum absolute atomic E-state index is 0.903. The van der Waals surface area contributed by atoms with Crippen LogP contribution >= 0.6 is 0 Å². The SMILES string of the molecule is CCCC[O][AlH2]. The monoisotopic (exact) mass is 102 g/mol. The fraction of sp³-hybridized carbons (Fsp3) is 1.00. The van der Waals surface area contributed by atoms with Gasteiger partial charge in [-0.2, -0.15) is 0 Å². The zero-order valence-electron chi connectivity index (χ0n) is 4.53. The van der Waals surface area contributed by atoms with Gasteiger partial charge in [-0.15, -0.1) is 0 Å². The van der Waals surface area contributed by atoms with E-state index < -0.39 is 0 Å². The molecular weight excluding hydrogens is 91.0 g/mol. The van der Waals surface area contributed by atoms with Gasteiger partial charge in [0.2, 0.25) is 0 Å². The Morgan fingerprint density at radius 2 is 2.33 bits per heavy atom. The van der Waals surface area contributed by atoms with Crippen molar-refractivity contribution in [2.45, 2.75) is 19.8 Å². The van der Waals surface area contributed by atoms with Crippen LogP contribution in [0, 0.1) is 0 Å². The molecule has 0 N–H and O–H groups in total. The Morgan fingerprint density at radius 3 is 2.50 bits per heavy atom. The lowest BCUT2D eigenvalue weighted by atomic mass is 10.4. The molecule has 0 amide bonds. The highest BCUT2D eigenvalue weighted by Crippen LogP contribution is 1.82. The lowest BCUT2D eigenvalue weighted by molar-refractivity contribution is 0.339. The van der Waals surface area contributed by atoms with Crippen LogP contribution in [0.25, 0.3) is 0 Å².